The fraction of sp³-hybridized carbons (Fsp3) is 0.444. The predicted molar refractivity (Wildman–Crippen MR) is 141 cm³/mol. The Hall–Kier alpha value is -3.45. The second kappa shape index (κ2) is 12.8. The molecule has 2 aromatic carbocycles. The minimum Gasteiger partial charge on any atom is -0.565 e. The van der Waals surface area contributed by atoms with Crippen molar-refractivity contribution < 1.29 is 41.1 Å². The number of hydrogen-bond donors (Lipinski definition) is 1. The van der Waals surface area contributed by atoms with Crippen LogP contribution in [0.5, 0.6) is 0 Å². The van der Waals surface area contributed by atoms with Gasteiger partial charge in [-0.2, -0.15) is 17.5 Å². The predicted octanol–water partition coefficient (Wildman–Crippen LogP) is 2.77. The molecule has 0 saturated carbocycles. The summed E-state index contributed by atoms with van der Waals surface area (Å²) < 4.78 is 66.8. The van der Waals surface area contributed by atoms with E-state index < -0.39 is 50.5 Å². The number of piperazine rings is 1. The van der Waals surface area contributed by atoms with Gasteiger partial charge >= 0.3 is 12.1 Å². The normalized spacial score (nSPS) is 16.6. The highest BCUT2D eigenvalue weighted by Gasteiger charge is 2.41. The molecular weight excluding hydrogens is 551 g/mol. The molecule has 1 aliphatic heterocycles. The summed E-state index contributed by atoms with van der Waals surface area (Å²) in [6.07, 6.45) is -4.65. The largest absolute Gasteiger partial charge is 0.565 e. The molecule has 2 amide bonds. The average molecular weight is 585 g/mol. The molecule has 1 heterocycles. The highest BCUT2D eigenvalue weighted by atomic mass is 32.2. The first-order valence-corrected chi connectivity index (χ1v) is 14.2. The van der Waals surface area contributed by atoms with Crippen LogP contribution in [0.2, 0.25) is 0 Å². The Balaban J connectivity index is 1.82. The van der Waals surface area contributed by atoms with Crippen molar-refractivity contribution in [3.8, 4) is 0 Å². The molecule has 1 fully saturated rings. The van der Waals surface area contributed by atoms with Crippen LogP contribution in [0.15, 0.2) is 53.4 Å². The third kappa shape index (κ3) is 7.81. The Labute approximate surface area is 231 Å². The number of nitrogens with one attached hydrogen (secondary N) is 1. The molecule has 1 atom stereocenters. The lowest BCUT2D eigenvalue weighted by Crippen LogP contribution is -2.61. The standard InChI is InChI=1S/C27H32F3N3O6S/c1-18(2)20-8-6-19(7-9-20)16-31-26(37)23-17-32(24(34)4-3-5-25(35)36)14-15-33(23)40(38,39)22-12-10-21(11-13-22)27(28,29)30/h6-13,18,23H,3-5,14-17H2,1-2H3,(H,31,37)(H,35,36)/p+1/t23-/m1/s1. The van der Waals surface area contributed by atoms with Gasteiger partial charge in [0.25, 0.3) is 0 Å². The van der Waals surface area contributed by atoms with E-state index in [4.69, 9.17) is 5.11 Å². The minimum absolute atomic E-state index is 0.0477. The zero-order chi connectivity index (χ0) is 29.7. The van der Waals surface area contributed by atoms with Crippen molar-refractivity contribution in [2.75, 3.05) is 19.6 Å². The van der Waals surface area contributed by atoms with Crippen LogP contribution < -0.4 is 5.32 Å². The maximum Gasteiger partial charge on any atom is 0.515 e. The molecule has 1 aliphatic rings. The van der Waals surface area contributed by atoms with Gasteiger partial charge in [-0.05, 0) is 47.7 Å². The molecule has 40 heavy (non-hydrogen) atoms. The molecule has 1 saturated heterocycles. The molecule has 0 aliphatic carbocycles. The van der Waals surface area contributed by atoms with E-state index in [-0.39, 0.29) is 45.4 Å². The molecule has 0 spiro atoms. The van der Waals surface area contributed by atoms with Crippen LogP contribution in [0, 0.1) is 0 Å². The van der Waals surface area contributed by atoms with Crippen LogP contribution in [0.3, 0.4) is 0 Å². The van der Waals surface area contributed by atoms with Crippen molar-refractivity contribution in [1.82, 2.24) is 14.5 Å². The maximum absolute atomic E-state index is 13.5. The average Bonchev–Trinajstić information content (AvgIpc) is 2.90. The van der Waals surface area contributed by atoms with Gasteiger partial charge in [-0.15, -0.1) is 0 Å². The van der Waals surface area contributed by atoms with Gasteiger partial charge in [-0.25, -0.2) is 8.42 Å². The molecule has 13 heteroatoms. The lowest BCUT2D eigenvalue weighted by molar-refractivity contribution is -0.139. The summed E-state index contributed by atoms with van der Waals surface area (Å²) in [6.45, 7) is 3.61. The summed E-state index contributed by atoms with van der Waals surface area (Å²) in [5, 5.41) is 9.69. The van der Waals surface area contributed by atoms with Gasteiger partial charge < -0.3 is 15.3 Å². The Kier molecular flexibility index (Phi) is 9.96. The summed E-state index contributed by atoms with van der Waals surface area (Å²) in [5.41, 5.74) is 0.877. The Morgan fingerprint density at radius 1 is 1.00 bits per heavy atom. The molecule has 0 aromatic heterocycles. The number of carbonyl (C=O) groups is 3. The number of nitrogens with zero attached hydrogens (tertiary/aromatic N) is 2. The highest BCUT2D eigenvalue weighted by Crippen LogP contribution is 2.31. The van der Waals surface area contributed by atoms with Gasteiger partial charge in [0.1, 0.15) is 12.5 Å². The number of halogens is 3. The monoisotopic (exact) mass is 584 g/mol. The van der Waals surface area contributed by atoms with Crippen molar-refractivity contribution in [1.29, 1.82) is 0 Å². The van der Waals surface area contributed by atoms with Crippen molar-refractivity contribution in [3.63, 3.8) is 0 Å². The van der Waals surface area contributed by atoms with Crippen molar-refractivity contribution >= 4 is 27.8 Å². The Morgan fingerprint density at radius 2 is 1.62 bits per heavy atom. The zero-order valence-corrected chi connectivity index (χ0v) is 23.0. The number of carbonyl (C=O) groups excluding carboxylic acids is 3. The van der Waals surface area contributed by atoms with Crippen molar-refractivity contribution in [2.24, 2.45) is 0 Å². The van der Waals surface area contributed by atoms with Gasteiger partial charge in [0.05, 0.1) is 10.5 Å². The maximum atomic E-state index is 13.5. The van der Waals surface area contributed by atoms with E-state index in [9.17, 15) is 36.0 Å². The van der Waals surface area contributed by atoms with Gasteiger partial charge in [0, 0.05) is 37.4 Å². The van der Waals surface area contributed by atoms with Gasteiger partial charge in [-0.1, -0.05) is 38.1 Å². The number of benzene rings is 2. The van der Waals surface area contributed by atoms with E-state index in [2.05, 4.69) is 5.32 Å². The highest BCUT2D eigenvalue weighted by molar-refractivity contribution is 7.89. The number of rotatable bonds is 10. The number of sulfonamides is 1. The Bertz CT molecular complexity index is 1310. The quantitative estimate of drug-likeness (QED) is 0.430. The number of alkyl halides is 3. The second-order valence-electron chi connectivity index (χ2n) is 9.88. The first-order valence-electron chi connectivity index (χ1n) is 12.8. The Morgan fingerprint density at radius 3 is 2.17 bits per heavy atom. The summed E-state index contributed by atoms with van der Waals surface area (Å²) >= 11 is 0. The fourth-order valence-corrected chi connectivity index (χ4v) is 5.90. The van der Waals surface area contributed by atoms with Gasteiger partial charge in [0.2, 0.25) is 21.8 Å². The lowest BCUT2D eigenvalue weighted by atomic mass is 10.0. The zero-order valence-electron chi connectivity index (χ0n) is 22.2. The van der Waals surface area contributed by atoms with Crippen LogP contribution in [0.4, 0.5) is 13.2 Å². The molecule has 3 rings (SSSR count). The first kappa shape index (κ1) is 31.1. The molecule has 218 valence electrons. The molecule has 0 radical (unpaired) electrons. The fourth-order valence-electron chi connectivity index (χ4n) is 4.33. The van der Waals surface area contributed by atoms with Crippen LogP contribution in [-0.2, 0) is 37.1 Å². The summed E-state index contributed by atoms with van der Waals surface area (Å²) in [4.78, 5) is 37.9. The third-order valence-electron chi connectivity index (χ3n) is 6.68. The van der Waals surface area contributed by atoms with Crippen LogP contribution >= 0.6 is 0 Å². The topological polar surface area (TPSA) is 127 Å². The molecule has 0 unspecified atom stereocenters. The van der Waals surface area contributed by atoms with E-state index in [1.807, 2.05) is 38.1 Å². The molecule has 9 nitrogen and oxygen atoms in total. The van der Waals surface area contributed by atoms with Crippen LogP contribution in [0.25, 0.3) is 0 Å². The second-order valence-corrected chi connectivity index (χ2v) is 11.8. The third-order valence-corrected chi connectivity index (χ3v) is 8.60. The summed E-state index contributed by atoms with van der Waals surface area (Å²) in [6, 6.07) is 9.22. The van der Waals surface area contributed by atoms with E-state index >= 15 is 0 Å². The molecule has 3 N–H and O–H groups in total. The lowest BCUT2D eigenvalue weighted by Gasteiger charge is -2.39. The van der Waals surface area contributed by atoms with E-state index in [1.165, 1.54) is 4.90 Å². The SMILES string of the molecule is CC(C)c1ccc(CNC(=O)[C@H]2CN(C(=O)CCCC(=O)[OH2+])CCN2S(=O)(=O)c2ccc(C(F)(F)F)cc2)cc1. The van der Waals surface area contributed by atoms with E-state index in [0.717, 1.165) is 27.6 Å². The van der Waals surface area contributed by atoms with Crippen molar-refractivity contribution in [3.05, 3.63) is 65.2 Å². The van der Waals surface area contributed by atoms with Gasteiger partial charge in [-0.3, -0.25) is 9.59 Å². The summed E-state index contributed by atoms with van der Waals surface area (Å²) in [5.74, 6) is -1.55. The van der Waals surface area contributed by atoms with Crippen molar-refractivity contribution in [2.45, 2.75) is 62.7 Å². The number of amides is 2. The minimum atomic E-state index is -4.64. The molecule has 2 aromatic rings. The van der Waals surface area contributed by atoms with E-state index in [1.54, 1.807) is 0 Å². The van der Waals surface area contributed by atoms with Gasteiger partial charge in [0.15, 0.2) is 0 Å². The molecule has 0 bridgehead atoms. The number of hydrogen-bond acceptors (Lipinski definition) is 5. The molecular formula is C27H33F3N3O6S+. The summed E-state index contributed by atoms with van der Waals surface area (Å²) in [7, 11) is -4.40. The van der Waals surface area contributed by atoms with Crippen LogP contribution in [-0.4, -0.2) is 66.2 Å². The smallest absolute Gasteiger partial charge is 0.515 e. The first-order chi connectivity index (χ1) is 18.7. The van der Waals surface area contributed by atoms with Crippen LogP contribution in [0.1, 0.15) is 55.7 Å². The van der Waals surface area contributed by atoms with E-state index in [0.29, 0.717) is 18.1 Å².